The van der Waals surface area contributed by atoms with Crippen molar-refractivity contribution in [1.29, 1.82) is 0 Å². The third kappa shape index (κ3) is 5.69. The Morgan fingerprint density at radius 3 is 2.57 bits per heavy atom. The molecule has 0 saturated carbocycles. The lowest BCUT2D eigenvalue weighted by Crippen LogP contribution is -2.16. The fourth-order valence-corrected chi connectivity index (χ4v) is 2.37. The van der Waals surface area contributed by atoms with Gasteiger partial charge in [0.1, 0.15) is 17.5 Å². The maximum absolute atomic E-state index is 6.07. The Balaban J connectivity index is 2.06. The van der Waals surface area contributed by atoms with Gasteiger partial charge in [-0.2, -0.15) is 0 Å². The summed E-state index contributed by atoms with van der Waals surface area (Å²) in [5, 5.41) is 7.37. The van der Waals surface area contributed by atoms with Crippen LogP contribution in [0.1, 0.15) is 17.8 Å². The summed E-state index contributed by atoms with van der Waals surface area (Å²) in [4.78, 5) is 11.0. The Bertz CT molecular complexity index is 657. The predicted octanol–water partition coefficient (Wildman–Crippen LogP) is 3.85. The predicted molar refractivity (Wildman–Crippen MR) is 97.9 cm³/mol. The fourth-order valence-electron chi connectivity index (χ4n) is 2.20. The van der Waals surface area contributed by atoms with Crippen molar-refractivity contribution in [2.24, 2.45) is 0 Å². The van der Waals surface area contributed by atoms with Crippen molar-refractivity contribution in [3.05, 3.63) is 40.7 Å². The number of halogens is 1. The smallest absolute Gasteiger partial charge is 0.136 e. The minimum Gasteiger partial charge on any atom is -0.370 e. The topological polar surface area (TPSA) is 53.1 Å². The lowest BCUT2D eigenvalue weighted by atomic mass is 10.2. The summed E-state index contributed by atoms with van der Waals surface area (Å²) in [6.45, 7) is 5.85. The van der Waals surface area contributed by atoms with Crippen LogP contribution in [0.3, 0.4) is 0 Å². The number of benzene rings is 1. The highest BCUT2D eigenvalue weighted by atomic mass is 35.5. The molecule has 0 aliphatic rings. The van der Waals surface area contributed by atoms with E-state index in [2.05, 4.69) is 39.6 Å². The molecular formula is C17H24ClN5. The Hall–Kier alpha value is -1.85. The van der Waals surface area contributed by atoms with E-state index in [1.165, 1.54) is 0 Å². The summed E-state index contributed by atoms with van der Waals surface area (Å²) in [6, 6.07) is 7.69. The molecule has 2 rings (SSSR count). The van der Waals surface area contributed by atoms with Crippen LogP contribution in [-0.2, 0) is 0 Å². The lowest BCUT2D eigenvalue weighted by Gasteiger charge is -2.13. The maximum atomic E-state index is 6.07. The zero-order chi connectivity index (χ0) is 16.8. The normalized spacial score (nSPS) is 10.9. The summed E-state index contributed by atoms with van der Waals surface area (Å²) >= 11 is 6.07. The van der Waals surface area contributed by atoms with E-state index in [0.29, 0.717) is 5.02 Å². The molecule has 0 atom stereocenters. The molecule has 0 radical (unpaired) electrons. The zero-order valence-electron chi connectivity index (χ0n) is 14.2. The van der Waals surface area contributed by atoms with Gasteiger partial charge in [-0.15, -0.1) is 0 Å². The number of nitrogens with one attached hydrogen (secondary N) is 2. The van der Waals surface area contributed by atoms with Crippen LogP contribution in [0.15, 0.2) is 24.3 Å². The number of rotatable bonds is 7. The van der Waals surface area contributed by atoms with Crippen molar-refractivity contribution < 1.29 is 0 Å². The van der Waals surface area contributed by atoms with Crippen LogP contribution >= 0.6 is 11.6 Å². The van der Waals surface area contributed by atoms with Crippen LogP contribution in [0.25, 0.3) is 0 Å². The molecule has 1 aromatic carbocycles. The molecule has 23 heavy (non-hydrogen) atoms. The third-order valence-corrected chi connectivity index (χ3v) is 3.62. The van der Waals surface area contributed by atoms with Gasteiger partial charge in [0.2, 0.25) is 0 Å². The molecule has 0 amide bonds. The van der Waals surface area contributed by atoms with E-state index in [-0.39, 0.29) is 0 Å². The molecule has 1 heterocycles. The highest BCUT2D eigenvalue weighted by Gasteiger charge is 2.05. The van der Waals surface area contributed by atoms with E-state index in [9.17, 15) is 0 Å². The molecule has 0 unspecified atom stereocenters. The molecule has 124 valence electrons. The first-order chi connectivity index (χ1) is 10.9. The number of hydrogen-bond acceptors (Lipinski definition) is 5. The second-order valence-electron chi connectivity index (χ2n) is 5.85. The monoisotopic (exact) mass is 333 g/mol. The quantitative estimate of drug-likeness (QED) is 0.754. The molecule has 5 nitrogen and oxygen atoms in total. The van der Waals surface area contributed by atoms with Gasteiger partial charge in [0.05, 0.1) is 0 Å². The molecule has 6 heteroatoms. The van der Waals surface area contributed by atoms with Crippen LogP contribution < -0.4 is 10.6 Å². The Morgan fingerprint density at radius 1 is 1.09 bits per heavy atom. The number of hydrogen-bond donors (Lipinski definition) is 2. The Labute approximate surface area is 143 Å². The van der Waals surface area contributed by atoms with Gasteiger partial charge in [0.25, 0.3) is 0 Å². The highest BCUT2D eigenvalue weighted by Crippen LogP contribution is 2.24. The number of anilines is 3. The Kier molecular flexibility index (Phi) is 6.19. The zero-order valence-corrected chi connectivity index (χ0v) is 14.9. The van der Waals surface area contributed by atoms with Crippen LogP contribution in [-0.4, -0.2) is 42.1 Å². The molecule has 0 aliphatic heterocycles. The number of nitrogens with zero attached hydrogens (tertiary/aromatic N) is 3. The van der Waals surface area contributed by atoms with Crippen molar-refractivity contribution >= 4 is 28.9 Å². The molecule has 1 aromatic heterocycles. The first-order valence-electron chi connectivity index (χ1n) is 7.71. The van der Waals surface area contributed by atoms with Crippen LogP contribution in [0.2, 0.25) is 5.02 Å². The fraction of sp³-hybridized carbons (Fsp3) is 0.412. The van der Waals surface area contributed by atoms with Gasteiger partial charge in [0, 0.05) is 23.3 Å². The molecule has 2 aromatic rings. The summed E-state index contributed by atoms with van der Waals surface area (Å²) < 4.78 is 0. The van der Waals surface area contributed by atoms with Crippen LogP contribution in [0, 0.1) is 13.8 Å². The van der Waals surface area contributed by atoms with Crippen molar-refractivity contribution in [1.82, 2.24) is 14.9 Å². The van der Waals surface area contributed by atoms with Crippen molar-refractivity contribution in [3.63, 3.8) is 0 Å². The lowest BCUT2D eigenvalue weighted by molar-refractivity contribution is 0.405. The molecule has 0 saturated heterocycles. The minimum absolute atomic E-state index is 0.700. The molecule has 0 fully saturated rings. The summed E-state index contributed by atoms with van der Waals surface area (Å²) in [6.07, 6.45) is 1.06. The summed E-state index contributed by atoms with van der Waals surface area (Å²) in [7, 11) is 4.15. The van der Waals surface area contributed by atoms with E-state index in [4.69, 9.17) is 11.6 Å². The van der Waals surface area contributed by atoms with Gasteiger partial charge in [-0.25, -0.2) is 9.97 Å². The van der Waals surface area contributed by atoms with Crippen molar-refractivity contribution in [3.8, 4) is 0 Å². The third-order valence-electron chi connectivity index (χ3n) is 3.39. The van der Waals surface area contributed by atoms with E-state index in [1.54, 1.807) is 0 Å². The second kappa shape index (κ2) is 8.13. The minimum atomic E-state index is 0.700. The van der Waals surface area contributed by atoms with Crippen LogP contribution in [0.4, 0.5) is 17.3 Å². The van der Waals surface area contributed by atoms with Gasteiger partial charge in [-0.1, -0.05) is 17.7 Å². The SMILES string of the molecule is Cc1nc(NCCCN(C)C)cc(Nc2cc(Cl)ccc2C)n1. The van der Waals surface area contributed by atoms with Gasteiger partial charge in [-0.3, -0.25) is 0 Å². The largest absolute Gasteiger partial charge is 0.370 e. The van der Waals surface area contributed by atoms with Gasteiger partial charge < -0.3 is 15.5 Å². The molecule has 2 N–H and O–H groups in total. The average molecular weight is 334 g/mol. The first kappa shape index (κ1) is 17.5. The number of aryl methyl sites for hydroxylation is 2. The van der Waals surface area contributed by atoms with E-state index in [1.807, 2.05) is 38.1 Å². The van der Waals surface area contributed by atoms with Crippen LogP contribution in [0.5, 0.6) is 0 Å². The van der Waals surface area contributed by atoms with Gasteiger partial charge in [0.15, 0.2) is 0 Å². The molecular weight excluding hydrogens is 310 g/mol. The van der Waals surface area contributed by atoms with E-state index in [0.717, 1.165) is 48.2 Å². The average Bonchev–Trinajstić information content (AvgIpc) is 2.47. The molecule has 0 spiro atoms. The first-order valence-corrected chi connectivity index (χ1v) is 8.09. The maximum Gasteiger partial charge on any atom is 0.136 e. The molecule has 0 bridgehead atoms. The standard InChI is InChI=1S/C17H24ClN5/c1-12-6-7-14(18)10-15(12)22-17-11-16(20-13(2)21-17)19-8-5-9-23(3)4/h6-7,10-11H,5,8-9H2,1-4H3,(H2,19,20,21,22). The van der Waals surface area contributed by atoms with Gasteiger partial charge in [-0.05, 0) is 58.6 Å². The Morgan fingerprint density at radius 2 is 1.83 bits per heavy atom. The molecule has 0 aliphatic carbocycles. The van der Waals surface area contributed by atoms with Crippen molar-refractivity contribution in [2.75, 3.05) is 37.8 Å². The number of aromatic nitrogens is 2. The van der Waals surface area contributed by atoms with E-state index < -0.39 is 0 Å². The second-order valence-corrected chi connectivity index (χ2v) is 6.29. The van der Waals surface area contributed by atoms with Gasteiger partial charge >= 0.3 is 0 Å². The summed E-state index contributed by atoms with van der Waals surface area (Å²) in [5.41, 5.74) is 2.07. The summed E-state index contributed by atoms with van der Waals surface area (Å²) in [5.74, 6) is 2.32. The van der Waals surface area contributed by atoms with E-state index >= 15 is 0 Å². The van der Waals surface area contributed by atoms with Crippen molar-refractivity contribution in [2.45, 2.75) is 20.3 Å². The highest BCUT2D eigenvalue weighted by molar-refractivity contribution is 6.30.